The van der Waals surface area contributed by atoms with Gasteiger partial charge in [0.1, 0.15) is 37.4 Å². The summed E-state index contributed by atoms with van der Waals surface area (Å²) >= 11 is 0. The summed E-state index contributed by atoms with van der Waals surface area (Å²) in [6, 6.07) is 38.1. The average Bonchev–Trinajstić information content (AvgIpc) is 4.01. The van der Waals surface area contributed by atoms with Crippen LogP contribution in [0, 0.1) is 5.92 Å². The van der Waals surface area contributed by atoms with E-state index in [-0.39, 0.29) is 61.3 Å². The van der Waals surface area contributed by atoms with Crippen molar-refractivity contribution in [3.63, 3.8) is 0 Å². The lowest BCUT2D eigenvalue weighted by molar-refractivity contribution is -0.171. The second-order valence-electron chi connectivity index (χ2n) is 17.7. The third kappa shape index (κ3) is 17.4. The summed E-state index contributed by atoms with van der Waals surface area (Å²) in [6.07, 6.45) is 2.72. The predicted molar refractivity (Wildman–Crippen MR) is 286 cm³/mol. The van der Waals surface area contributed by atoms with Crippen LogP contribution in [0.3, 0.4) is 0 Å². The van der Waals surface area contributed by atoms with Crippen molar-refractivity contribution in [1.29, 1.82) is 0 Å². The minimum Gasteiger partial charge on any atom is -0.481 e. The van der Waals surface area contributed by atoms with Crippen LogP contribution in [0.4, 0.5) is 5.69 Å². The van der Waals surface area contributed by atoms with Gasteiger partial charge in [-0.3, -0.25) is 24.0 Å². The molecule has 78 heavy (non-hydrogen) atoms. The first-order chi connectivity index (χ1) is 37.9. The molecule has 1 aromatic heterocycles. The molecule has 0 fully saturated rings. The lowest BCUT2D eigenvalue weighted by atomic mass is 9.90. The third-order valence-corrected chi connectivity index (χ3v) is 12.2. The summed E-state index contributed by atoms with van der Waals surface area (Å²) in [5, 5.41) is 11.7. The van der Waals surface area contributed by atoms with Crippen LogP contribution in [0.2, 0.25) is 0 Å². The van der Waals surface area contributed by atoms with E-state index in [0.717, 1.165) is 23.5 Å². The van der Waals surface area contributed by atoms with Crippen molar-refractivity contribution in [3.05, 3.63) is 179 Å². The fourth-order valence-electron chi connectivity index (χ4n) is 8.11. The van der Waals surface area contributed by atoms with Gasteiger partial charge in [-0.2, -0.15) is 5.06 Å². The fourth-order valence-corrected chi connectivity index (χ4v) is 8.11. The standard InChI is InChI=1S/C59H63N5O14/c1-4-6-10-26-45(49(5-2)64(39-65)78-58(71)44-25-17-18-27-47(44)60-3)55(68)61-38-62-57(70)51-31-30-50(77-51)43-28-29-46(52(32-43)73-37-54(67)75-35-41-21-13-8-14-22-41)56(69)63-48(59(72)76-36-42-23-15-9-16-24-42)33-53(66)74-34-40-19-11-7-12-20-40/h7-9,11-25,27-32,39,45,48-49,60H,4-6,10,26,33-38H2,1-3H3,(H,61,68)(H,62,70)(H,63,69)/t45-,48+,49-/m1/s1. The highest BCUT2D eigenvalue weighted by Gasteiger charge is 2.34. The highest BCUT2D eigenvalue weighted by atomic mass is 16.7. The molecular weight excluding hydrogens is 1000 g/mol. The molecule has 0 spiro atoms. The first-order valence-electron chi connectivity index (χ1n) is 25.5. The van der Waals surface area contributed by atoms with Crippen molar-refractivity contribution in [2.45, 2.75) is 84.3 Å². The second-order valence-corrected chi connectivity index (χ2v) is 17.7. The highest BCUT2D eigenvalue weighted by Crippen LogP contribution is 2.30. The summed E-state index contributed by atoms with van der Waals surface area (Å²) in [7, 11) is 1.65. The van der Waals surface area contributed by atoms with Gasteiger partial charge in [0.05, 0.1) is 36.2 Å². The molecule has 19 nitrogen and oxygen atoms in total. The Morgan fingerprint density at radius 1 is 0.654 bits per heavy atom. The number of carbonyl (C=O) groups excluding carboxylic acids is 8. The van der Waals surface area contributed by atoms with E-state index < -0.39 is 72.6 Å². The Kier molecular flexibility index (Phi) is 22.6. The van der Waals surface area contributed by atoms with E-state index in [2.05, 4.69) is 21.3 Å². The normalized spacial score (nSPS) is 11.8. The quantitative estimate of drug-likeness (QED) is 0.00831. The monoisotopic (exact) mass is 1070 g/mol. The number of nitrogens with zero attached hydrogens (tertiary/aromatic N) is 1. The van der Waals surface area contributed by atoms with E-state index in [1.165, 1.54) is 30.3 Å². The molecule has 0 radical (unpaired) electrons. The maximum absolute atomic E-state index is 14.2. The molecule has 408 valence electrons. The first kappa shape index (κ1) is 58.0. The Bertz CT molecular complexity index is 2950. The van der Waals surface area contributed by atoms with Gasteiger partial charge in [-0.1, -0.05) is 142 Å². The van der Waals surface area contributed by atoms with Gasteiger partial charge in [-0.05, 0) is 65.9 Å². The number of furan rings is 1. The minimum absolute atomic E-state index is 0.0492. The summed E-state index contributed by atoms with van der Waals surface area (Å²) in [5.41, 5.74) is 2.93. The zero-order chi connectivity index (χ0) is 55.7. The van der Waals surface area contributed by atoms with Gasteiger partial charge in [0.25, 0.3) is 11.8 Å². The molecule has 4 amide bonds. The van der Waals surface area contributed by atoms with Crippen LogP contribution < -0.4 is 26.0 Å². The first-order valence-corrected chi connectivity index (χ1v) is 25.5. The Morgan fingerprint density at radius 2 is 1.27 bits per heavy atom. The van der Waals surface area contributed by atoms with Crippen LogP contribution in [0.1, 0.15) is 100 Å². The molecule has 0 saturated heterocycles. The number of carbonyl (C=O) groups is 8. The van der Waals surface area contributed by atoms with Crippen molar-refractivity contribution in [2.75, 3.05) is 25.6 Å². The zero-order valence-corrected chi connectivity index (χ0v) is 43.6. The smallest absolute Gasteiger partial charge is 0.365 e. The molecule has 0 aliphatic rings. The van der Waals surface area contributed by atoms with Crippen LogP contribution in [-0.4, -0.2) is 85.5 Å². The summed E-state index contributed by atoms with van der Waals surface area (Å²) < 4.78 is 28.2. The molecule has 0 saturated carbocycles. The van der Waals surface area contributed by atoms with Crippen LogP contribution in [-0.2, 0) is 62.8 Å². The fraction of sp³-hybridized carbons (Fsp3) is 0.288. The maximum atomic E-state index is 14.2. The van der Waals surface area contributed by atoms with Gasteiger partial charge in [-0.25, -0.2) is 14.4 Å². The van der Waals surface area contributed by atoms with Gasteiger partial charge in [0, 0.05) is 18.3 Å². The molecular formula is C59H63N5O14. The van der Waals surface area contributed by atoms with Gasteiger partial charge in [-0.15, -0.1) is 0 Å². The van der Waals surface area contributed by atoms with Crippen LogP contribution in [0.25, 0.3) is 11.3 Å². The topological polar surface area (TPSA) is 247 Å². The second kappa shape index (κ2) is 30.3. The lowest BCUT2D eigenvalue weighted by Gasteiger charge is -2.32. The molecule has 5 aromatic carbocycles. The molecule has 6 rings (SSSR count). The number of hydrogen-bond donors (Lipinski definition) is 4. The minimum atomic E-state index is -1.52. The molecule has 1 heterocycles. The SMILES string of the molecule is CCCCC[C@@H](C(=O)NCNC(=O)c1ccc(-c2ccc(C(=O)N[C@@H](CC(=O)OCc3ccccc3)C(=O)OCc3ccccc3)c(OCC(=O)OCc3ccccc3)c2)o1)[C@@H](CC)N(C=O)OC(=O)c1ccccc1NC. The number of rotatable bonds is 30. The van der Waals surface area contributed by atoms with Crippen molar-refractivity contribution in [2.24, 2.45) is 5.92 Å². The zero-order valence-electron chi connectivity index (χ0n) is 43.6. The van der Waals surface area contributed by atoms with E-state index in [1.54, 1.807) is 117 Å². The Labute approximate surface area is 451 Å². The summed E-state index contributed by atoms with van der Waals surface area (Å²) in [5.74, 6) is -6.32. The molecule has 6 aromatic rings. The Morgan fingerprint density at radius 3 is 1.88 bits per heavy atom. The largest absolute Gasteiger partial charge is 0.481 e. The van der Waals surface area contributed by atoms with E-state index in [9.17, 15) is 38.4 Å². The van der Waals surface area contributed by atoms with E-state index in [0.29, 0.717) is 41.6 Å². The Hall–Kier alpha value is -9.26. The third-order valence-electron chi connectivity index (χ3n) is 12.2. The van der Waals surface area contributed by atoms with Gasteiger partial charge < -0.3 is 49.5 Å². The number of benzene rings is 5. The van der Waals surface area contributed by atoms with Gasteiger partial charge >= 0.3 is 23.9 Å². The maximum Gasteiger partial charge on any atom is 0.365 e. The van der Waals surface area contributed by atoms with Crippen molar-refractivity contribution in [1.82, 2.24) is 21.0 Å². The number of esters is 3. The van der Waals surface area contributed by atoms with E-state index >= 15 is 0 Å². The molecule has 3 atom stereocenters. The van der Waals surface area contributed by atoms with Gasteiger partial charge in [0.2, 0.25) is 12.3 Å². The number of unbranched alkanes of at least 4 members (excludes halogenated alkanes) is 2. The van der Waals surface area contributed by atoms with Gasteiger partial charge in [0.15, 0.2) is 12.4 Å². The van der Waals surface area contributed by atoms with Crippen LogP contribution in [0.15, 0.2) is 150 Å². The molecule has 4 N–H and O–H groups in total. The molecule has 19 heteroatoms. The van der Waals surface area contributed by atoms with E-state index in [1.807, 2.05) is 19.1 Å². The molecule has 0 aliphatic heterocycles. The summed E-state index contributed by atoms with van der Waals surface area (Å²) in [4.78, 5) is 112. The van der Waals surface area contributed by atoms with E-state index in [4.69, 9.17) is 28.2 Å². The predicted octanol–water partition coefficient (Wildman–Crippen LogP) is 8.09. The average molecular weight is 1070 g/mol. The number of anilines is 1. The van der Waals surface area contributed by atoms with Crippen LogP contribution in [0.5, 0.6) is 5.75 Å². The molecule has 0 unspecified atom stereocenters. The van der Waals surface area contributed by atoms with Crippen molar-refractivity contribution < 1.29 is 66.6 Å². The Balaban J connectivity index is 1.16. The molecule has 0 aliphatic carbocycles. The number of amides is 4. The number of ether oxygens (including phenoxy) is 4. The van der Waals surface area contributed by atoms with Crippen molar-refractivity contribution in [3.8, 4) is 17.1 Å². The van der Waals surface area contributed by atoms with Crippen molar-refractivity contribution >= 4 is 53.7 Å². The lowest BCUT2D eigenvalue weighted by Crippen LogP contribution is -2.49. The number of para-hydroxylation sites is 1. The number of nitrogens with one attached hydrogen (secondary N) is 4. The number of hydrogen-bond acceptors (Lipinski definition) is 15. The summed E-state index contributed by atoms with van der Waals surface area (Å²) in [6.45, 7) is 2.52. The molecule has 0 bridgehead atoms. The number of hydroxylamine groups is 2. The highest BCUT2D eigenvalue weighted by molar-refractivity contribution is 6.00. The van der Waals surface area contributed by atoms with Crippen LogP contribution >= 0.6 is 0 Å².